The number of hydrogen-bond acceptors (Lipinski definition) is 4. The van der Waals surface area contributed by atoms with Crippen molar-refractivity contribution in [3.8, 4) is 0 Å². The van der Waals surface area contributed by atoms with E-state index in [0.717, 1.165) is 9.87 Å². The Kier molecular flexibility index (Phi) is 8.60. The van der Waals surface area contributed by atoms with Crippen LogP contribution in [0.1, 0.15) is 28.9 Å². The summed E-state index contributed by atoms with van der Waals surface area (Å²) in [7, 11) is -4.06. The summed E-state index contributed by atoms with van der Waals surface area (Å²) in [5.41, 5.74) is 1.81. The van der Waals surface area contributed by atoms with Crippen molar-refractivity contribution in [3.63, 3.8) is 0 Å². The molecule has 0 spiro atoms. The highest BCUT2D eigenvalue weighted by atomic mass is 79.9. The van der Waals surface area contributed by atoms with E-state index in [2.05, 4.69) is 26.6 Å². The van der Waals surface area contributed by atoms with Crippen LogP contribution in [-0.4, -0.2) is 26.8 Å². The summed E-state index contributed by atoms with van der Waals surface area (Å²) in [6, 6.07) is 30.5. The highest BCUT2D eigenvalue weighted by Crippen LogP contribution is 2.27. The fourth-order valence-corrected chi connectivity index (χ4v) is 5.70. The maximum atomic E-state index is 13.5. The Morgan fingerprint density at radius 1 is 0.842 bits per heavy atom. The van der Waals surface area contributed by atoms with Gasteiger partial charge in [-0.05, 0) is 55.0 Å². The van der Waals surface area contributed by atoms with Crippen LogP contribution in [0.4, 0.5) is 11.4 Å². The van der Waals surface area contributed by atoms with Gasteiger partial charge in [-0.2, -0.15) is 0 Å². The Bertz CT molecular complexity index is 1530. The first-order valence-corrected chi connectivity index (χ1v) is 14.1. The summed E-state index contributed by atoms with van der Waals surface area (Å²) in [5, 5.41) is 5.67. The molecule has 9 heteroatoms. The first kappa shape index (κ1) is 27.1. The molecule has 0 radical (unpaired) electrons. The summed E-state index contributed by atoms with van der Waals surface area (Å²) in [5.74, 6) is -0.959. The van der Waals surface area contributed by atoms with Gasteiger partial charge in [-0.15, -0.1) is 0 Å². The van der Waals surface area contributed by atoms with Crippen molar-refractivity contribution in [1.82, 2.24) is 5.32 Å². The normalized spacial score (nSPS) is 11.8. The predicted molar refractivity (Wildman–Crippen MR) is 153 cm³/mol. The molecule has 0 aliphatic rings. The molecule has 4 aromatic carbocycles. The van der Waals surface area contributed by atoms with Gasteiger partial charge in [0.05, 0.1) is 27.9 Å². The van der Waals surface area contributed by atoms with Crippen LogP contribution in [0.15, 0.2) is 119 Å². The minimum absolute atomic E-state index is 0.0578. The number of benzene rings is 4. The first-order chi connectivity index (χ1) is 18.3. The fraction of sp³-hybridized carbons (Fsp3) is 0.103. The van der Waals surface area contributed by atoms with Crippen molar-refractivity contribution < 1.29 is 18.0 Å². The smallest absolute Gasteiger partial charge is 0.264 e. The lowest BCUT2D eigenvalue weighted by Crippen LogP contribution is -2.38. The zero-order chi connectivity index (χ0) is 27.1. The molecule has 4 rings (SSSR count). The Balaban J connectivity index is 1.57. The van der Waals surface area contributed by atoms with Crippen molar-refractivity contribution in [2.24, 2.45) is 0 Å². The Labute approximate surface area is 230 Å². The van der Waals surface area contributed by atoms with Crippen molar-refractivity contribution in [3.05, 3.63) is 125 Å². The number of anilines is 2. The van der Waals surface area contributed by atoms with E-state index in [4.69, 9.17) is 0 Å². The number of carbonyl (C=O) groups excluding carboxylic acids is 2. The van der Waals surface area contributed by atoms with E-state index in [1.807, 2.05) is 37.3 Å². The van der Waals surface area contributed by atoms with Crippen LogP contribution in [0, 0.1) is 0 Å². The van der Waals surface area contributed by atoms with E-state index in [1.165, 1.54) is 12.1 Å². The molecule has 0 unspecified atom stereocenters. The van der Waals surface area contributed by atoms with Crippen LogP contribution >= 0.6 is 15.9 Å². The Morgan fingerprint density at radius 2 is 1.47 bits per heavy atom. The summed E-state index contributed by atoms with van der Waals surface area (Å²) < 4.78 is 28.8. The summed E-state index contributed by atoms with van der Waals surface area (Å²) >= 11 is 3.37. The molecular weight excluding hydrogens is 566 g/mol. The van der Waals surface area contributed by atoms with Crippen LogP contribution in [0.25, 0.3) is 0 Å². The largest absolute Gasteiger partial charge is 0.345 e. The number of amides is 2. The minimum atomic E-state index is -4.06. The summed E-state index contributed by atoms with van der Waals surface area (Å²) in [4.78, 5) is 26.4. The van der Waals surface area contributed by atoms with Gasteiger partial charge < -0.3 is 10.6 Å². The van der Waals surface area contributed by atoms with Crippen molar-refractivity contribution in [2.45, 2.75) is 17.9 Å². The lowest BCUT2D eigenvalue weighted by atomic mass is 10.1. The van der Waals surface area contributed by atoms with Gasteiger partial charge >= 0.3 is 0 Å². The Morgan fingerprint density at radius 3 is 2.16 bits per heavy atom. The first-order valence-electron chi connectivity index (χ1n) is 11.8. The molecule has 7 nitrogen and oxygen atoms in total. The van der Waals surface area contributed by atoms with Gasteiger partial charge in [0.2, 0.25) is 5.91 Å². The van der Waals surface area contributed by atoms with Crippen molar-refractivity contribution >= 4 is 49.1 Å². The van der Waals surface area contributed by atoms with Gasteiger partial charge in [0.25, 0.3) is 15.9 Å². The Hall–Kier alpha value is -3.95. The average Bonchev–Trinajstić information content (AvgIpc) is 2.93. The third-order valence-electron chi connectivity index (χ3n) is 5.81. The number of sulfonamides is 1. The van der Waals surface area contributed by atoms with E-state index in [-0.39, 0.29) is 28.1 Å². The maximum absolute atomic E-state index is 13.5. The quantitative estimate of drug-likeness (QED) is 0.258. The monoisotopic (exact) mass is 591 g/mol. The average molecular weight is 593 g/mol. The lowest BCUT2D eigenvalue weighted by Gasteiger charge is -2.24. The highest BCUT2D eigenvalue weighted by Gasteiger charge is 2.28. The molecule has 0 bridgehead atoms. The summed E-state index contributed by atoms with van der Waals surface area (Å²) in [6.07, 6.45) is 0. The fourth-order valence-electron chi connectivity index (χ4n) is 3.88. The number of para-hydroxylation sites is 1. The molecule has 0 aliphatic heterocycles. The number of rotatable bonds is 9. The number of nitrogens with one attached hydrogen (secondary N) is 2. The maximum Gasteiger partial charge on any atom is 0.264 e. The SMILES string of the molecule is C[C@H](NC(=O)c1ccccc1NC(=O)CN(c1cccc(Br)c1)S(=O)(=O)c1ccccc1)c1ccccc1. The number of carbonyl (C=O) groups is 2. The second-order valence-electron chi connectivity index (χ2n) is 8.50. The van der Waals surface area contributed by atoms with Gasteiger partial charge in [-0.3, -0.25) is 13.9 Å². The number of nitrogens with zero attached hydrogens (tertiary/aromatic N) is 1. The van der Waals surface area contributed by atoms with Crippen LogP contribution < -0.4 is 14.9 Å². The third-order valence-corrected chi connectivity index (χ3v) is 8.09. The molecule has 0 saturated carbocycles. The minimum Gasteiger partial charge on any atom is -0.345 e. The van der Waals surface area contributed by atoms with Gasteiger partial charge in [-0.25, -0.2) is 8.42 Å². The molecule has 38 heavy (non-hydrogen) atoms. The lowest BCUT2D eigenvalue weighted by molar-refractivity contribution is -0.114. The number of halogens is 1. The van der Waals surface area contributed by atoms with Crippen molar-refractivity contribution in [2.75, 3.05) is 16.2 Å². The van der Waals surface area contributed by atoms with Gasteiger partial charge in [0.15, 0.2) is 0 Å². The number of hydrogen-bond donors (Lipinski definition) is 2. The van der Waals surface area contributed by atoms with E-state index < -0.39 is 22.5 Å². The summed E-state index contributed by atoms with van der Waals surface area (Å²) in [6.45, 7) is 1.38. The van der Waals surface area contributed by atoms with E-state index in [0.29, 0.717) is 10.2 Å². The second kappa shape index (κ2) is 12.1. The molecule has 0 saturated heterocycles. The van der Waals surface area contributed by atoms with Gasteiger partial charge in [0.1, 0.15) is 6.54 Å². The molecule has 0 heterocycles. The van der Waals surface area contributed by atoms with Crippen molar-refractivity contribution in [1.29, 1.82) is 0 Å². The van der Waals surface area contributed by atoms with E-state index in [1.54, 1.807) is 66.7 Å². The van der Waals surface area contributed by atoms with Crippen LogP contribution in [0.5, 0.6) is 0 Å². The molecule has 194 valence electrons. The van der Waals surface area contributed by atoms with Crippen LogP contribution in [0.3, 0.4) is 0 Å². The molecular formula is C29H26BrN3O4S. The van der Waals surface area contributed by atoms with Gasteiger partial charge in [-0.1, -0.05) is 82.7 Å². The molecule has 1 atom stereocenters. The van der Waals surface area contributed by atoms with E-state index in [9.17, 15) is 18.0 Å². The zero-order valence-electron chi connectivity index (χ0n) is 20.5. The predicted octanol–water partition coefficient (Wildman–Crippen LogP) is 5.77. The van der Waals surface area contributed by atoms with Gasteiger partial charge in [0, 0.05) is 4.47 Å². The molecule has 0 fully saturated rings. The molecule has 4 aromatic rings. The van der Waals surface area contributed by atoms with Crippen LogP contribution in [0.2, 0.25) is 0 Å². The molecule has 0 aliphatic carbocycles. The van der Waals surface area contributed by atoms with Crippen LogP contribution in [-0.2, 0) is 14.8 Å². The molecule has 2 amide bonds. The third kappa shape index (κ3) is 6.48. The molecule has 2 N–H and O–H groups in total. The zero-order valence-corrected chi connectivity index (χ0v) is 22.9. The standard InChI is InChI=1S/C29H26BrN3O4S/c1-21(22-11-4-2-5-12-22)31-29(35)26-17-8-9-18-27(26)32-28(34)20-33(24-14-10-13-23(30)19-24)38(36,37)25-15-6-3-7-16-25/h2-19,21H,20H2,1H3,(H,31,35)(H,32,34)/t21-/m0/s1. The molecule has 0 aromatic heterocycles. The van der Waals surface area contributed by atoms with E-state index >= 15 is 0 Å². The second-order valence-corrected chi connectivity index (χ2v) is 11.3. The highest BCUT2D eigenvalue weighted by molar-refractivity contribution is 9.10. The topological polar surface area (TPSA) is 95.6 Å².